The molecule has 0 aromatic carbocycles. The molecule has 1 aliphatic heterocycles. The largest absolute Gasteiger partial charge is 0.306 e. The molecule has 4 heteroatoms. The first-order chi connectivity index (χ1) is 8.66. The Morgan fingerprint density at radius 1 is 1.17 bits per heavy atom. The SMILES string of the molecule is CCCCCCCCNC1CCC(=O)N(C)C1=O. The van der Waals surface area contributed by atoms with Crippen LogP contribution in [0.15, 0.2) is 0 Å². The fourth-order valence-electron chi connectivity index (χ4n) is 2.29. The first kappa shape index (κ1) is 15.2. The summed E-state index contributed by atoms with van der Waals surface area (Å²) in [5, 5.41) is 3.27. The molecule has 0 saturated carbocycles. The zero-order valence-corrected chi connectivity index (χ0v) is 11.7. The molecule has 0 aromatic rings. The molecule has 18 heavy (non-hydrogen) atoms. The maximum atomic E-state index is 11.8. The molecule has 1 heterocycles. The molecule has 0 radical (unpaired) electrons. The van der Waals surface area contributed by atoms with Crippen LogP contribution in [0.25, 0.3) is 0 Å². The van der Waals surface area contributed by atoms with Gasteiger partial charge in [-0.1, -0.05) is 39.0 Å². The monoisotopic (exact) mass is 254 g/mol. The number of likely N-dealkylation sites (N-methyl/N-ethyl adjacent to an activating group) is 1. The van der Waals surface area contributed by atoms with Crippen LogP contribution in [-0.2, 0) is 9.59 Å². The summed E-state index contributed by atoms with van der Waals surface area (Å²) in [7, 11) is 1.57. The molecule has 1 atom stereocenters. The summed E-state index contributed by atoms with van der Waals surface area (Å²) in [6.07, 6.45) is 8.67. The number of likely N-dealkylation sites (tertiary alicyclic amines) is 1. The number of carbonyl (C=O) groups is 2. The number of unbranched alkanes of at least 4 members (excludes halogenated alkanes) is 5. The van der Waals surface area contributed by atoms with Crippen LogP contribution in [0.1, 0.15) is 58.3 Å². The third kappa shape index (κ3) is 4.77. The van der Waals surface area contributed by atoms with Crippen LogP contribution >= 0.6 is 0 Å². The predicted octanol–water partition coefficient (Wildman–Crippen LogP) is 2.08. The highest BCUT2D eigenvalue weighted by Gasteiger charge is 2.30. The molecule has 1 unspecified atom stereocenters. The smallest absolute Gasteiger partial charge is 0.246 e. The lowest BCUT2D eigenvalue weighted by atomic mass is 10.0. The summed E-state index contributed by atoms with van der Waals surface area (Å²) < 4.78 is 0. The number of rotatable bonds is 8. The van der Waals surface area contributed by atoms with Crippen LogP contribution in [-0.4, -0.2) is 36.3 Å². The molecule has 0 spiro atoms. The normalized spacial score (nSPS) is 20.6. The summed E-state index contributed by atoms with van der Waals surface area (Å²) in [6, 6.07) is -0.150. The second-order valence-electron chi connectivity index (χ2n) is 5.10. The Morgan fingerprint density at radius 2 is 1.83 bits per heavy atom. The molecule has 0 aliphatic carbocycles. The van der Waals surface area contributed by atoms with Gasteiger partial charge in [-0.3, -0.25) is 14.5 Å². The van der Waals surface area contributed by atoms with E-state index < -0.39 is 0 Å². The van der Waals surface area contributed by atoms with Crippen molar-refractivity contribution in [2.75, 3.05) is 13.6 Å². The lowest BCUT2D eigenvalue weighted by Crippen LogP contribution is -2.51. The molecule has 0 aromatic heterocycles. The van der Waals surface area contributed by atoms with Gasteiger partial charge >= 0.3 is 0 Å². The van der Waals surface area contributed by atoms with Crippen molar-refractivity contribution in [3.05, 3.63) is 0 Å². The maximum Gasteiger partial charge on any atom is 0.246 e. The first-order valence-corrected chi connectivity index (χ1v) is 7.20. The Bertz CT molecular complexity index is 279. The average molecular weight is 254 g/mol. The lowest BCUT2D eigenvalue weighted by molar-refractivity contribution is -0.148. The van der Waals surface area contributed by atoms with Crippen LogP contribution in [0.5, 0.6) is 0 Å². The Hall–Kier alpha value is -0.900. The number of carbonyl (C=O) groups excluding carboxylic acids is 2. The number of amides is 2. The van der Waals surface area contributed by atoms with Crippen LogP contribution < -0.4 is 5.32 Å². The summed E-state index contributed by atoms with van der Waals surface area (Å²) in [5.74, 6) is -0.130. The Balaban J connectivity index is 2.09. The van der Waals surface area contributed by atoms with Crippen LogP contribution in [0.3, 0.4) is 0 Å². The van der Waals surface area contributed by atoms with Crippen molar-refractivity contribution in [1.82, 2.24) is 10.2 Å². The molecule has 104 valence electrons. The number of nitrogens with one attached hydrogen (secondary N) is 1. The van der Waals surface area contributed by atoms with Gasteiger partial charge in [0.25, 0.3) is 0 Å². The lowest BCUT2D eigenvalue weighted by Gasteiger charge is -2.28. The molecule has 0 bridgehead atoms. The summed E-state index contributed by atoms with van der Waals surface area (Å²) in [5.41, 5.74) is 0. The predicted molar refractivity (Wildman–Crippen MR) is 72.2 cm³/mol. The van der Waals surface area contributed by atoms with Crippen LogP contribution in [0, 0.1) is 0 Å². The van der Waals surface area contributed by atoms with Crippen molar-refractivity contribution < 1.29 is 9.59 Å². The van der Waals surface area contributed by atoms with E-state index in [2.05, 4.69) is 12.2 Å². The number of imide groups is 1. The molecule has 2 amide bonds. The van der Waals surface area contributed by atoms with Crippen molar-refractivity contribution in [3.8, 4) is 0 Å². The number of hydrogen-bond donors (Lipinski definition) is 1. The van der Waals surface area contributed by atoms with Crippen molar-refractivity contribution in [2.45, 2.75) is 64.3 Å². The van der Waals surface area contributed by atoms with Gasteiger partial charge in [0, 0.05) is 13.5 Å². The van der Waals surface area contributed by atoms with Gasteiger partial charge in [-0.05, 0) is 19.4 Å². The molecule has 1 N–H and O–H groups in total. The Kier molecular flexibility index (Phi) is 6.94. The topological polar surface area (TPSA) is 49.4 Å². The van der Waals surface area contributed by atoms with Gasteiger partial charge in [-0.15, -0.1) is 0 Å². The Morgan fingerprint density at radius 3 is 2.56 bits per heavy atom. The van der Waals surface area contributed by atoms with E-state index in [1.165, 1.54) is 37.0 Å². The maximum absolute atomic E-state index is 11.8. The highest BCUT2D eigenvalue weighted by molar-refractivity contribution is 6.00. The summed E-state index contributed by atoms with van der Waals surface area (Å²) in [6.45, 7) is 3.10. The van der Waals surface area contributed by atoms with E-state index in [0.29, 0.717) is 12.8 Å². The van der Waals surface area contributed by atoms with E-state index in [1.807, 2.05) is 0 Å². The van der Waals surface area contributed by atoms with E-state index in [4.69, 9.17) is 0 Å². The van der Waals surface area contributed by atoms with Crippen molar-refractivity contribution in [1.29, 1.82) is 0 Å². The fraction of sp³-hybridized carbons (Fsp3) is 0.857. The van der Waals surface area contributed by atoms with E-state index in [1.54, 1.807) is 7.05 Å². The quantitative estimate of drug-likeness (QED) is 0.533. The number of piperidine rings is 1. The zero-order valence-electron chi connectivity index (χ0n) is 11.7. The molecule has 1 fully saturated rings. The fourth-order valence-corrected chi connectivity index (χ4v) is 2.29. The zero-order chi connectivity index (χ0) is 13.4. The highest BCUT2D eigenvalue weighted by Crippen LogP contribution is 2.11. The van der Waals surface area contributed by atoms with Gasteiger partial charge in [-0.25, -0.2) is 0 Å². The minimum atomic E-state index is -0.150. The standard InChI is InChI=1S/C14H26N2O2/c1-3-4-5-6-7-8-11-15-12-9-10-13(17)16(2)14(12)18/h12,15H,3-11H2,1-2H3. The van der Waals surface area contributed by atoms with E-state index in [9.17, 15) is 9.59 Å². The third-order valence-corrected chi connectivity index (χ3v) is 3.57. The van der Waals surface area contributed by atoms with Crippen molar-refractivity contribution in [2.24, 2.45) is 0 Å². The molecular formula is C14H26N2O2. The van der Waals surface area contributed by atoms with Gasteiger partial charge in [0.05, 0.1) is 6.04 Å². The molecule has 1 rings (SSSR count). The average Bonchev–Trinajstić information content (AvgIpc) is 2.37. The highest BCUT2D eigenvalue weighted by atomic mass is 16.2. The molecule has 1 saturated heterocycles. The van der Waals surface area contributed by atoms with Crippen molar-refractivity contribution >= 4 is 11.8 Å². The minimum Gasteiger partial charge on any atom is -0.306 e. The minimum absolute atomic E-state index is 0.0578. The summed E-state index contributed by atoms with van der Waals surface area (Å²) >= 11 is 0. The molecular weight excluding hydrogens is 228 g/mol. The number of hydrogen-bond acceptors (Lipinski definition) is 3. The van der Waals surface area contributed by atoms with Crippen LogP contribution in [0.2, 0.25) is 0 Å². The summed E-state index contributed by atoms with van der Waals surface area (Å²) in [4.78, 5) is 24.3. The van der Waals surface area contributed by atoms with E-state index in [-0.39, 0.29) is 17.9 Å². The van der Waals surface area contributed by atoms with Gasteiger partial charge in [0.1, 0.15) is 0 Å². The third-order valence-electron chi connectivity index (χ3n) is 3.57. The Labute approximate surface area is 110 Å². The van der Waals surface area contributed by atoms with Gasteiger partial charge < -0.3 is 5.32 Å². The molecule has 4 nitrogen and oxygen atoms in total. The molecule has 1 aliphatic rings. The second-order valence-corrected chi connectivity index (χ2v) is 5.10. The number of nitrogens with zero attached hydrogens (tertiary/aromatic N) is 1. The first-order valence-electron chi connectivity index (χ1n) is 7.20. The van der Waals surface area contributed by atoms with Gasteiger partial charge in [0.2, 0.25) is 11.8 Å². The van der Waals surface area contributed by atoms with Crippen molar-refractivity contribution in [3.63, 3.8) is 0 Å². The van der Waals surface area contributed by atoms with Gasteiger partial charge in [0.15, 0.2) is 0 Å². The van der Waals surface area contributed by atoms with Crippen LogP contribution in [0.4, 0.5) is 0 Å². The van der Waals surface area contributed by atoms with E-state index >= 15 is 0 Å². The van der Waals surface area contributed by atoms with Gasteiger partial charge in [-0.2, -0.15) is 0 Å². The second kappa shape index (κ2) is 8.25. The van der Waals surface area contributed by atoms with E-state index in [0.717, 1.165) is 13.0 Å².